The molecule has 0 heterocycles. The van der Waals surface area contributed by atoms with E-state index in [-0.39, 0.29) is 22.6 Å². The molecule has 3 aromatic rings. The third kappa shape index (κ3) is 5.37. The molecule has 0 saturated carbocycles. The molecule has 3 aromatic carbocycles. The molecule has 10 heteroatoms. The Morgan fingerprint density at radius 1 is 0.844 bits per heavy atom. The first-order chi connectivity index (χ1) is 15.0. The number of nitrogens with zero attached hydrogens (tertiary/aromatic N) is 1. The number of nitrogens with one attached hydrogen (secondary N) is 1. The smallest absolute Gasteiger partial charge is 0.416 e. The quantitative estimate of drug-likeness (QED) is 0.453. The van der Waals surface area contributed by atoms with Gasteiger partial charge in [0.1, 0.15) is 11.5 Å². The predicted octanol–water partition coefficient (Wildman–Crippen LogP) is 6.64. The third-order valence-corrected chi connectivity index (χ3v) is 4.21. The second-order valence-corrected chi connectivity index (χ2v) is 6.48. The van der Waals surface area contributed by atoms with Crippen LogP contribution in [0.5, 0.6) is 11.5 Å². The Hall–Kier alpha value is -4.00. The van der Waals surface area contributed by atoms with Gasteiger partial charge < -0.3 is 10.1 Å². The van der Waals surface area contributed by atoms with Gasteiger partial charge in [-0.15, -0.1) is 0 Å². The molecule has 0 radical (unpaired) electrons. The van der Waals surface area contributed by atoms with E-state index in [2.05, 4.69) is 5.32 Å². The highest BCUT2D eigenvalue weighted by Gasteiger charge is 2.32. The minimum Gasteiger partial charge on any atom is -0.457 e. The zero-order valence-electron chi connectivity index (χ0n) is 15.9. The monoisotopic (exact) mass is 450 g/mol. The van der Waals surface area contributed by atoms with Crippen LogP contribution in [0.1, 0.15) is 27.0 Å². The average Bonchev–Trinajstić information content (AvgIpc) is 2.73. The molecule has 0 saturated heterocycles. The van der Waals surface area contributed by atoms with Gasteiger partial charge in [-0.25, -0.2) is 0 Å². The number of hydrogen-bond donors (Lipinski definition) is 1. The Morgan fingerprint density at radius 3 is 2.06 bits per heavy atom. The molecular formula is C22H12F6N2O2. The molecule has 3 rings (SSSR count). The molecule has 0 atom stereocenters. The zero-order valence-corrected chi connectivity index (χ0v) is 15.9. The summed E-state index contributed by atoms with van der Waals surface area (Å²) in [6.45, 7) is 0. The maximum Gasteiger partial charge on any atom is 0.416 e. The van der Waals surface area contributed by atoms with E-state index < -0.39 is 35.1 Å². The van der Waals surface area contributed by atoms with E-state index >= 15 is 0 Å². The van der Waals surface area contributed by atoms with Crippen LogP contribution in [0.3, 0.4) is 0 Å². The van der Waals surface area contributed by atoms with Crippen LogP contribution >= 0.6 is 0 Å². The number of ether oxygens (including phenoxy) is 1. The first-order valence-electron chi connectivity index (χ1n) is 8.85. The summed E-state index contributed by atoms with van der Waals surface area (Å²) < 4.78 is 82.9. The molecule has 0 aromatic heterocycles. The van der Waals surface area contributed by atoms with Gasteiger partial charge in [-0.05, 0) is 60.7 Å². The minimum atomic E-state index is -4.74. The highest BCUT2D eigenvalue weighted by atomic mass is 19.4. The van der Waals surface area contributed by atoms with Crippen LogP contribution in [0.2, 0.25) is 0 Å². The summed E-state index contributed by atoms with van der Waals surface area (Å²) in [5.41, 5.74) is -1.90. The van der Waals surface area contributed by atoms with Crippen molar-refractivity contribution >= 4 is 11.6 Å². The van der Waals surface area contributed by atoms with Crippen LogP contribution in [0.25, 0.3) is 0 Å². The predicted molar refractivity (Wildman–Crippen MR) is 102 cm³/mol. The molecule has 4 nitrogen and oxygen atoms in total. The van der Waals surface area contributed by atoms with Crippen molar-refractivity contribution in [3.05, 3.63) is 89.0 Å². The van der Waals surface area contributed by atoms with Gasteiger partial charge in [-0.1, -0.05) is 6.07 Å². The summed E-state index contributed by atoms with van der Waals surface area (Å²) in [7, 11) is 0. The van der Waals surface area contributed by atoms with Crippen molar-refractivity contribution in [1.29, 1.82) is 5.26 Å². The molecular weight excluding hydrogens is 438 g/mol. The number of benzene rings is 3. The highest BCUT2D eigenvalue weighted by Crippen LogP contribution is 2.36. The lowest BCUT2D eigenvalue weighted by atomic mass is 10.1. The maximum absolute atomic E-state index is 13.1. The van der Waals surface area contributed by atoms with Crippen molar-refractivity contribution in [2.45, 2.75) is 12.4 Å². The van der Waals surface area contributed by atoms with E-state index in [4.69, 9.17) is 10.00 Å². The molecule has 0 bridgehead atoms. The lowest BCUT2D eigenvalue weighted by molar-refractivity contribution is -0.138. The standard InChI is InChI=1S/C22H12F6N2O2/c23-21(24,25)14-4-7-17(8-5-14)32-19-11-15(22(26,27)28)6-9-18(19)20(31)30-16-3-1-2-13(10-16)12-29/h1-11H,(H,30,31). The molecule has 0 unspecified atom stereocenters. The Morgan fingerprint density at radius 2 is 1.47 bits per heavy atom. The van der Waals surface area contributed by atoms with E-state index in [1.54, 1.807) is 0 Å². The van der Waals surface area contributed by atoms with Gasteiger partial charge in [0.05, 0.1) is 28.3 Å². The summed E-state index contributed by atoms with van der Waals surface area (Å²) >= 11 is 0. The maximum atomic E-state index is 13.1. The van der Waals surface area contributed by atoms with Crippen molar-refractivity contribution in [2.75, 3.05) is 5.32 Å². The second kappa shape index (κ2) is 8.63. The number of alkyl halides is 6. The number of halogens is 6. The van der Waals surface area contributed by atoms with E-state index in [1.165, 1.54) is 24.3 Å². The summed E-state index contributed by atoms with van der Waals surface area (Å²) in [6.07, 6.45) is -9.34. The summed E-state index contributed by atoms with van der Waals surface area (Å²) in [5.74, 6) is -1.54. The largest absolute Gasteiger partial charge is 0.457 e. The molecule has 0 aliphatic carbocycles. The van der Waals surface area contributed by atoms with Crippen LogP contribution < -0.4 is 10.1 Å². The van der Waals surface area contributed by atoms with Crippen molar-refractivity contribution in [2.24, 2.45) is 0 Å². The van der Waals surface area contributed by atoms with E-state index in [1.807, 2.05) is 6.07 Å². The topological polar surface area (TPSA) is 62.1 Å². The number of nitriles is 1. The van der Waals surface area contributed by atoms with Gasteiger partial charge in [-0.2, -0.15) is 31.6 Å². The third-order valence-electron chi connectivity index (χ3n) is 4.21. The van der Waals surface area contributed by atoms with E-state index in [9.17, 15) is 31.1 Å². The summed E-state index contributed by atoms with van der Waals surface area (Å²) in [5, 5.41) is 11.4. The van der Waals surface area contributed by atoms with Crippen LogP contribution in [0.15, 0.2) is 66.7 Å². The normalized spacial score (nSPS) is 11.5. The Labute approximate surface area is 177 Å². The number of hydrogen-bond acceptors (Lipinski definition) is 3. The van der Waals surface area contributed by atoms with Crippen LogP contribution in [-0.2, 0) is 12.4 Å². The van der Waals surface area contributed by atoms with Crippen molar-refractivity contribution in [3.63, 3.8) is 0 Å². The fraction of sp³-hybridized carbons (Fsp3) is 0.0909. The minimum absolute atomic E-state index is 0.196. The van der Waals surface area contributed by atoms with Crippen LogP contribution in [0, 0.1) is 11.3 Å². The molecule has 1 amide bonds. The lowest BCUT2D eigenvalue weighted by Gasteiger charge is -2.15. The highest BCUT2D eigenvalue weighted by molar-refractivity contribution is 6.06. The SMILES string of the molecule is N#Cc1cccc(NC(=O)c2ccc(C(F)(F)F)cc2Oc2ccc(C(F)(F)F)cc2)c1. The number of amides is 1. The number of anilines is 1. The lowest BCUT2D eigenvalue weighted by Crippen LogP contribution is -2.14. The fourth-order valence-corrected chi connectivity index (χ4v) is 2.67. The first-order valence-corrected chi connectivity index (χ1v) is 8.85. The van der Waals surface area contributed by atoms with Crippen LogP contribution in [-0.4, -0.2) is 5.91 Å². The molecule has 32 heavy (non-hydrogen) atoms. The van der Waals surface area contributed by atoms with Crippen LogP contribution in [0.4, 0.5) is 32.0 Å². The van der Waals surface area contributed by atoms with Gasteiger partial charge in [-0.3, -0.25) is 4.79 Å². The van der Waals surface area contributed by atoms with Crippen molar-refractivity contribution < 1.29 is 35.9 Å². The Kier molecular flexibility index (Phi) is 6.11. The first kappa shape index (κ1) is 22.7. The molecule has 0 spiro atoms. The average molecular weight is 450 g/mol. The van der Waals surface area contributed by atoms with Gasteiger partial charge in [0.2, 0.25) is 0 Å². The molecule has 1 N–H and O–H groups in total. The molecule has 0 aliphatic heterocycles. The fourth-order valence-electron chi connectivity index (χ4n) is 2.67. The zero-order chi connectivity index (χ0) is 23.5. The van der Waals surface area contributed by atoms with Crippen molar-refractivity contribution in [1.82, 2.24) is 0 Å². The van der Waals surface area contributed by atoms with Gasteiger partial charge >= 0.3 is 12.4 Å². The van der Waals surface area contributed by atoms with Gasteiger partial charge in [0, 0.05) is 5.69 Å². The van der Waals surface area contributed by atoms with Crippen molar-refractivity contribution in [3.8, 4) is 17.6 Å². The van der Waals surface area contributed by atoms with E-state index in [0.717, 1.165) is 18.2 Å². The summed E-state index contributed by atoms with van der Waals surface area (Å²) in [6, 6.07) is 13.1. The summed E-state index contributed by atoms with van der Waals surface area (Å²) in [4.78, 5) is 12.7. The number of carbonyl (C=O) groups excluding carboxylic acids is 1. The molecule has 164 valence electrons. The van der Waals surface area contributed by atoms with E-state index in [0.29, 0.717) is 24.3 Å². The molecule has 0 aliphatic rings. The second-order valence-electron chi connectivity index (χ2n) is 6.48. The number of rotatable bonds is 4. The Bertz CT molecular complexity index is 1180. The molecule has 0 fully saturated rings. The van der Waals surface area contributed by atoms with Gasteiger partial charge in [0.15, 0.2) is 0 Å². The number of carbonyl (C=O) groups is 1. The Balaban J connectivity index is 1.95. The van der Waals surface area contributed by atoms with Gasteiger partial charge in [0.25, 0.3) is 5.91 Å².